The van der Waals surface area contributed by atoms with Crippen molar-refractivity contribution in [2.45, 2.75) is 25.8 Å². The van der Waals surface area contributed by atoms with Crippen LogP contribution in [0.5, 0.6) is 5.75 Å². The first kappa shape index (κ1) is 17.3. The van der Waals surface area contributed by atoms with E-state index in [-0.39, 0.29) is 11.8 Å². The van der Waals surface area contributed by atoms with Gasteiger partial charge >= 0.3 is 0 Å². The molecule has 1 heterocycles. The first-order valence-corrected chi connectivity index (χ1v) is 8.57. The van der Waals surface area contributed by atoms with E-state index in [9.17, 15) is 9.59 Å². The largest absolute Gasteiger partial charge is 0.494 e. The number of halogens is 1. The van der Waals surface area contributed by atoms with Gasteiger partial charge in [-0.1, -0.05) is 11.6 Å². The highest BCUT2D eigenvalue weighted by molar-refractivity contribution is 6.30. The molecule has 1 aliphatic heterocycles. The average molecular weight is 359 g/mol. The molecule has 0 saturated carbocycles. The summed E-state index contributed by atoms with van der Waals surface area (Å²) in [4.78, 5) is 26.4. The van der Waals surface area contributed by atoms with E-state index in [0.717, 1.165) is 5.75 Å². The van der Waals surface area contributed by atoms with Crippen LogP contribution in [0, 0.1) is 0 Å². The van der Waals surface area contributed by atoms with Gasteiger partial charge in [-0.15, -0.1) is 0 Å². The number of nitrogens with one attached hydrogen (secondary N) is 1. The Morgan fingerprint density at radius 1 is 1.20 bits per heavy atom. The normalized spacial score (nSPS) is 16.8. The molecule has 2 aromatic rings. The van der Waals surface area contributed by atoms with E-state index in [1.165, 1.54) is 0 Å². The van der Waals surface area contributed by atoms with Gasteiger partial charge in [0.15, 0.2) is 0 Å². The van der Waals surface area contributed by atoms with Crippen LogP contribution in [0.3, 0.4) is 0 Å². The maximum Gasteiger partial charge on any atom is 0.247 e. The molecular formula is C19H19ClN2O3. The van der Waals surface area contributed by atoms with Crippen LogP contribution in [0.1, 0.15) is 19.8 Å². The van der Waals surface area contributed by atoms with Crippen molar-refractivity contribution in [3.63, 3.8) is 0 Å². The van der Waals surface area contributed by atoms with Crippen molar-refractivity contribution in [3.8, 4) is 5.75 Å². The first-order chi connectivity index (χ1) is 12.1. The van der Waals surface area contributed by atoms with E-state index < -0.39 is 6.04 Å². The fraction of sp³-hybridized carbons (Fsp3) is 0.263. The number of hydrogen-bond donors (Lipinski definition) is 1. The Labute approximate surface area is 151 Å². The SMILES string of the molecule is CCOc1ccc(NC(=O)C2CCC(=O)N2c2ccc(Cl)cc2)cc1. The molecule has 1 aliphatic rings. The summed E-state index contributed by atoms with van der Waals surface area (Å²) < 4.78 is 5.39. The Morgan fingerprint density at radius 2 is 1.88 bits per heavy atom. The maximum absolute atomic E-state index is 12.7. The molecule has 5 nitrogen and oxygen atoms in total. The minimum Gasteiger partial charge on any atom is -0.494 e. The zero-order chi connectivity index (χ0) is 17.8. The van der Waals surface area contributed by atoms with Gasteiger partial charge in [0.2, 0.25) is 11.8 Å². The highest BCUT2D eigenvalue weighted by atomic mass is 35.5. The monoisotopic (exact) mass is 358 g/mol. The van der Waals surface area contributed by atoms with Gasteiger partial charge in [0, 0.05) is 22.8 Å². The molecule has 1 unspecified atom stereocenters. The first-order valence-electron chi connectivity index (χ1n) is 8.20. The van der Waals surface area contributed by atoms with Gasteiger partial charge in [0.05, 0.1) is 6.61 Å². The van der Waals surface area contributed by atoms with Crippen LogP contribution in [0.15, 0.2) is 48.5 Å². The number of amides is 2. The van der Waals surface area contributed by atoms with Crippen molar-refractivity contribution in [1.82, 2.24) is 0 Å². The summed E-state index contributed by atoms with van der Waals surface area (Å²) in [6.07, 6.45) is 0.842. The summed E-state index contributed by atoms with van der Waals surface area (Å²) in [5, 5.41) is 3.46. The minimum atomic E-state index is -0.528. The number of benzene rings is 2. The van der Waals surface area contributed by atoms with Gasteiger partial charge in [-0.05, 0) is 61.9 Å². The Kier molecular flexibility index (Phi) is 5.24. The zero-order valence-corrected chi connectivity index (χ0v) is 14.6. The number of ether oxygens (including phenoxy) is 1. The van der Waals surface area contributed by atoms with Crippen LogP contribution in [-0.2, 0) is 9.59 Å². The second-order valence-corrected chi connectivity index (χ2v) is 6.18. The molecule has 130 valence electrons. The highest BCUT2D eigenvalue weighted by Crippen LogP contribution is 2.28. The third kappa shape index (κ3) is 3.94. The van der Waals surface area contributed by atoms with E-state index in [0.29, 0.717) is 35.8 Å². The Bertz CT molecular complexity index is 759. The van der Waals surface area contributed by atoms with Gasteiger partial charge in [0.1, 0.15) is 11.8 Å². The lowest BCUT2D eigenvalue weighted by molar-refractivity contribution is -0.120. The van der Waals surface area contributed by atoms with Crippen LogP contribution < -0.4 is 15.0 Å². The lowest BCUT2D eigenvalue weighted by Crippen LogP contribution is -2.41. The Balaban J connectivity index is 1.73. The Morgan fingerprint density at radius 3 is 2.52 bits per heavy atom. The second-order valence-electron chi connectivity index (χ2n) is 5.74. The molecule has 2 aromatic carbocycles. The molecule has 2 amide bonds. The van der Waals surface area contributed by atoms with Gasteiger partial charge in [0.25, 0.3) is 0 Å². The number of nitrogens with zero attached hydrogens (tertiary/aromatic N) is 1. The third-order valence-corrected chi connectivity index (χ3v) is 4.30. The predicted molar refractivity (Wildman–Crippen MR) is 98.2 cm³/mol. The molecule has 0 aliphatic carbocycles. The van der Waals surface area contributed by atoms with Gasteiger partial charge in [-0.3, -0.25) is 14.5 Å². The molecule has 6 heteroatoms. The third-order valence-electron chi connectivity index (χ3n) is 4.05. The molecule has 0 spiro atoms. The maximum atomic E-state index is 12.7. The predicted octanol–water partition coefficient (Wildman–Crippen LogP) is 3.87. The molecule has 1 atom stereocenters. The van der Waals surface area contributed by atoms with Crippen LogP contribution in [0.2, 0.25) is 5.02 Å². The van der Waals surface area contributed by atoms with Crippen LogP contribution in [-0.4, -0.2) is 24.5 Å². The average Bonchev–Trinajstić information content (AvgIpc) is 2.99. The quantitative estimate of drug-likeness (QED) is 0.882. The molecule has 0 radical (unpaired) electrons. The number of rotatable bonds is 5. The fourth-order valence-corrected chi connectivity index (χ4v) is 3.01. The van der Waals surface area contributed by atoms with Gasteiger partial charge < -0.3 is 10.1 Å². The second kappa shape index (κ2) is 7.57. The molecule has 1 saturated heterocycles. The number of carbonyl (C=O) groups is 2. The van der Waals surface area contributed by atoms with Crippen LogP contribution in [0.4, 0.5) is 11.4 Å². The summed E-state index contributed by atoms with van der Waals surface area (Å²) in [6.45, 7) is 2.50. The lowest BCUT2D eigenvalue weighted by Gasteiger charge is -2.24. The summed E-state index contributed by atoms with van der Waals surface area (Å²) in [5.41, 5.74) is 1.35. The topological polar surface area (TPSA) is 58.6 Å². The van der Waals surface area contributed by atoms with E-state index in [1.54, 1.807) is 53.4 Å². The van der Waals surface area contributed by atoms with E-state index in [4.69, 9.17) is 16.3 Å². The Hall–Kier alpha value is -2.53. The van der Waals surface area contributed by atoms with Crippen molar-refractivity contribution in [1.29, 1.82) is 0 Å². The van der Waals surface area contributed by atoms with Crippen molar-refractivity contribution in [3.05, 3.63) is 53.6 Å². The zero-order valence-electron chi connectivity index (χ0n) is 13.9. The van der Waals surface area contributed by atoms with Crippen molar-refractivity contribution in [2.75, 3.05) is 16.8 Å². The summed E-state index contributed by atoms with van der Waals surface area (Å²) >= 11 is 5.90. The van der Waals surface area contributed by atoms with Crippen LogP contribution >= 0.6 is 11.6 Å². The van der Waals surface area contributed by atoms with Crippen molar-refractivity contribution < 1.29 is 14.3 Å². The lowest BCUT2D eigenvalue weighted by atomic mass is 10.2. The standard InChI is InChI=1S/C19H19ClN2O3/c1-2-25-16-9-5-14(6-10-16)21-19(24)17-11-12-18(23)22(17)15-7-3-13(20)4-8-15/h3-10,17H,2,11-12H2,1H3,(H,21,24). The smallest absolute Gasteiger partial charge is 0.247 e. The van der Waals surface area contributed by atoms with Crippen LogP contribution in [0.25, 0.3) is 0 Å². The molecule has 3 rings (SSSR count). The minimum absolute atomic E-state index is 0.0610. The molecule has 0 bridgehead atoms. The summed E-state index contributed by atoms with van der Waals surface area (Å²) in [6, 6.07) is 13.6. The number of carbonyl (C=O) groups excluding carboxylic acids is 2. The molecular weight excluding hydrogens is 340 g/mol. The van der Waals surface area contributed by atoms with Gasteiger partial charge in [-0.25, -0.2) is 0 Å². The van der Waals surface area contributed by atoms with Crippen molar-refractivity contribution in [2.24, 2.45) is 0 Å². The molecule has 1 fully saturated rings. The van der Waals surface area contributed by atoms with E-state index >= 15 is 0 Å². The van der Waals surface area contributed by atoms with Crippen molar-refractivity contribution >= 4 is 34.8 Å². The fourth-order valence-electron chi connectivity index (χ4n) is 2.88. The summed E-state index contributed by atoms with van der Waals surface area (Å²) in [5.74, 6) is 0.485. The molecule has 1 N–H and O–H groups in total. The highest BCUT2D eigenvalue weighted by Gasteiger charge is 2.37. The number of anilines is 2. The van der Waals surface area contributed by atoms with E-state index in [1.807, 2.05) is 6.92 Å². The van der Waals surface area contributed by atoms with E-state index in [2.05, 4.69) is 5.32 Å². The summed E-state index contributed by atoms with van der Waals surface area (Å²) in [7, 11) is 0. The van der Waals surface area contributed by atoms with Gasteiger partial charge in [-0.2, -0.15) is 0 Å². The molecule has 0 aromatic heterocycles. The number of hydrogen-bond acceptors (Lipinski definition) is 3. The molecule has 25 heavy (non-hydrogen) atoms.